The predicted octanol–water partition coefficient (Wildman–Crippen LogP) is 4.81. The zero-order chi connectivity index (χ0) is 21.7. The minimum atomic E-state index is -0.464. The van der Waals surface area contributed by atoms with Gasteiger partial charge in [-0.25, -0.2) is 4.79 Å². The Hall–Kier alpha value is -2.36. The van der Waals surface area contributed by atoms with Gasteiger partial charge in [-0.05, 0) is 43.3 Å². The quantitative estimate of drug-likeness (QED) is 0.302. The number of benzene rings is 2. The van der Waals surface area contributed by atoms with Crippen LogP contribution in [0.1, 0.15) is 12.5 Å². The van der Waals surface area contributed by atoms with Crippen molar-refractivity contribution in [1.29, 1.82) is 0 Å². The molecule has 1 heterocycles. The molecule has 1 saturated heterocycles. The van der Waals surface area contributed by atoms with Crippen LogP contribution in [-0.4, -0.2) is 36.5 Å². The van der Waals surface area contributed by atoms with Crippen LogP contribution >= 0.6 is 39.9 Å². The van der Waals surface area contributed by atoms with E-state index < -0.39 is 5.97 Å². The third-order valence-electron chi connectivity index (χ3n) is 4.03. The van der Waals surface area contributed by atoms with Crippen molar-refractivity contribution < 1.29 is 23.8 Å². The molecule has 1 amide bonds. The molecular weight excluding hydrogens is 490 g/mol. The maximum atomic E-state index is 13.1. The Morgan fingerprint density at radius 2 is 2.00 bits per heavy atom. The Morgan fingerprint density at radius 3 is 2.73 bits per heavy atom. The first-order chi connectivity index (χ1) is 14.4. The van der Waals surface area contributed by atoms with Gasteiger partial charge in [-0.1, -0.05) is 52.0 Å². The molecule has 0 saturated carbocycles. The molecule has 2 aromatic rings. The molecule has 0 atom stereocenters. The summed E-state index contributed by atoms with van der Waals surface area (Å²) >= 11 is 10.1. The molecule has 1 aliphatic heterocycles. The van der Waals surface area contributed by atoms with Crippen LogP contribution in [0.5, 0.6) is 11.5 Å². The molecule has 0 radical (unpaired) electrons. The normalized spacial score (nSPS) is 14.9. The molecule has 1 fully saturated rings. The lowest BCUT2D eigenvalue weighted by Gasteiger charge is -2.17. The second kappa shape index (κ2) is 10.1. The highest BCUT2D eigenvalue weighted by molar-refractivity contribution is 9.10. The highest BCUT2D eigenvalue weighted by Crippen LogP contribution is 2.40. The van der Waals surface area contributed by atoms with Gasteiger partial charge < -0.3 is 14.2 Å². The number of carbonyl (C=O) groups is 2. The molecule has 0 aromatic heterocycles. The van der Waals surface area contributed by atoms with Crippen LogP contribution in [0.4, 0.5) is 5.69 Å². The second-order valence-electron chi connectivity index (χ2n) is 5.96. The van der Waals surface area contributed by atoms with E-state index in [1.807, 2.05) is 12.1 Å². The number of halogens is 1. The van der Waals surface area contributed by atoms with E-state index in [0.29, 0.717) is 32.0 Å². The molecule has 156 valence electrons. The van der Waals surface area contributed by atoms with E-state index in [-0.39, 0.29) is 19.1 Å². The maximum absolute atomic E-state index is 13.1. The number of esters is 1. The van der Waals surface area contributed by atoms with Gasteiger partial charge in [0.2, 0.25) is 0 Å². The summed E-state index contributed by atoms with van der Waals surface area (Å²) in [7, 11) is 1.54. The van der Waals surface area contributed by atoms with Crippen LogP contribution in [-0.2, 0) is 14.3 Å². The van der Waals surface area contributed by atoms with Crippen molar-refractivity contribution >= 4 is 67.9 Å². The van der Waals surface area contributed by atoms with Crippen LogP contribution in [0.25, 0.3) is 6.08 Å². The summed E-state index contributed by atoms with van der Waals surface area (Å²) in [6.07, 6.45) is 1.69. The number of methoxy groups -OCH3 is 1. The fourth-order valence-corrected chi connectivity index (χ4v) is 4.39. The van der Waals surface area contributed by atoms with E-state index in [9.17, 15) is 9.59 Å². The van der Waals surface area contributed by atoms with Crippen molar-refractivity contribution in [2.45, 2.75) is 6.92 Å². The van der Waals surface area contributed by atoms with Gasteiger partial charge in [0.1, 0.15) is 11.5 Å². The first-order valence-electron chi connectivity index (χ1n) is 8.93. The third kappa shape index (κ3) is 5.03. The van der Waals surface area contributed by atoms with E-state index in [0.717, 1.165) is 4.47 Å². The summed E-state index contributed by atoms with van der Waals surface area (Å²) in [6, 6.07) is 12.5. The number of nitrogens with zero attached hydrogens (tertiary/aromatic N) is 1. The van der Waals surface area contributed by atoms with Crippen molar-refractivity contribution in [1.82, 2.24) is 0 Å². The van der Waals surface area contributed by atoms with Gasteiger partial charge >= 0.3 is 5.97 Å². The Balaban J connectivity index is 1.90. The van der Waals surface area contributed by atoms with E-state index in [4.69, 9.17) is 26.4 Å². The van der Waals surface area contributed by atoms with Crippen molar-refractivity contribution in [2.24, 2.45) is 0 Å². The minimum absolute atomic E-state index is 0.224. The number of amides is 1. The van der Waals surface area contributed by atoms with Gasteiger partial charge in [-0.2, -0.15) is 0 Å². The third-order valence-corrected chi connectivity index (χ3v) is 5.82. The highest BCUT2D eigenvalue weighted by Gasteiger charge is 2.35. The van der Waals surface area contributed by atoms with Crippen LogP contribution in [0.2, 0.25) is 0 Å². The topological polar surface area (TPSA) is 65.1 Å². The monoisotopic (exact) mass is 507 g/mol. The molecule has 0 N–H and O–H groups in total. The molecule has 0 aliphatic carbocycles. The van der Waals surface area contributed by atoms with E-state index in [2.05, 4.69) is 15.9 Å². The average molecular weight is 508 g/mol. The van der Waals surface area contributed by atoms with Crippen molar-refractivity contribution in [2.75, 3.05) is 25.2 Å². The zero-order valence-corrected chi connectivity index (χ0v) is 19.4. The average Bonchev–Trinajstić information content (AvgIpc) is 3.00. The predicted molar refractivity (Wildman–Crippen MR) is 125 cm³/mol. The lowest BCUT2D eigenvalue weighted by molar-refractivity contribution is -0.145. The number of hydrogen-bond donors (Lipinski definition) is 0. The first kappa shape index (κ1) is 22.3. The Morgan fingerprint density at radius 1 is 1.23 bits per heavy atom. The molecule has 6 nitrogen and oxygen atoms in total. The smallest absolute Gasteiger partial charge is 0.344 e. The Kier molecular flexibility index (Phi) is 7.52. The molecule has 0 unspecified atom stereocenters. The van der Waals surface area contributed by atoms with E-state index >= 15 is 0 Å². The maximum Gasteiger partial charge on any atom is 0.344 e. The SMILES string of the molecule is CCOC(=O)COc1ccc(Br)cc1/C=C1/SC(=S)N(c2ccccc2OC)C1=O. The molecule has 9 heteroatoms. The van der Waals surface area contributed by atoms with Crippen molar-refractivity contribution in [3.63, 3.8) is 0 Å². The van der Waals surface area contributed by atoms with Gasteiger partial charge in [0, 0.05) is 10.0 Å². The largest absolute Gasteiger partial charge is 0.495 e. The first-order valence-corrected chi connectivity index (χ1v) is 10.9. The number of ether oxygens (including phenoxy) is 3. The molecule has 0 bridgehead atoms. The molecule has 2 aromatic carbocycles. The summed E-state index contributed by atoms with van der Waals surface area (Å²) in [5.74, 6) is 0.282. The summed E-state index contributed by atoms with van der Waals surface area (Å²) < 4.78 is 17.1. The molecule has 30 heavy (non-hydrogen) atoms. The van der Waals surface area contributed by atoms with E-state index in [1.54, 1.807) is 50.4 Å². The summed E-state index contributed by atoms with van der Waals surface area (Å²) in [6.45, 7) is 1.78. The van der Waals surface area contributed by atoms with Crippen LogP contribution < -0.4 is 14.4 Å². The van der Waals surface area contributed by atoms with Gasteiger partial charge in [0.15, 0.2) is 10.9 Å². The fraction of sp³-hybridized carbons (Fsp3) is 0.190. The zero-order valence-electron chi connectivity index (χ0n) is 16.2. The van der Waals surface area contributed by atoms with Crippen LogP contribution in [0.15, 0.2) is 51.8 Å². The molecule has 3 rings (SSSR count). The number of hydrogen-bond acceptors (Lipinski definition) is 7. The summed E-state index contributed by atoms with van der Waals surface area (Å²) in [5.41, 5.74) is 1.22. The Bertz CT molecular complexity index is 1020. The van der Waals surface area contributed by atoms with Crippen LogP contribution in [0, 0.1) is 0 Å². The second-order valence-corrected chi connectivity index (χ2v) is 8.56. The Labute approximate surface area is 192 Å². The van der Waals surface area contributed by atoms with E-state index in [1.165, 1.54) is 16.7 Å². The number of rotatable bonds is 7. The summed E-state index contributed by atoms with van der Waals surface area (Å²) in [4.78, 5) is 26.6. The lowest BCUT2D eigenvalue weighted by atomic mass is 10.2. The van der Waals surface area contributed by atoms with Crippen molar-refractivity contribution in [3.8, 4) is 11.5 Å². The van der Waals surface area contributed by atoms with Gasteiger partial charge in [-0.15, -0.1) is 0 Å². The molecular formula is C21H18BrNO5S2. The highest BCUT2D eigenvalue weighted by atomic mass is 79.9. The van der Waals surface area contributed by atoms with Crippen LogP contribution in [0.3, 0.4) is 0 Å². The molecule has 1 aliphatic rings. The lowest BCUT2D eigenvalue weighted by Crippen LogP contribution is -2.27. The number of anilines is 1. The van der Waals surface area contributed by atoms with Gasteiger partial charge in [0.05, 0.1) is 24.3 Å². The number of carbonyl (C=O) groups excluding carboxylic acids is 2. The number of thioether (sulfide) groups is 1. The fourth-order valence-electron chi connectivity index (χ4n) is 2.73. The summed E-state index contributed by atoms with van der Waals surface area (Å²) in [5, 5.41) is 0. The number of para-hydroxylation sites is 2. The number of thiocarbonyl (C=S) groups is 1. The van der Waals surface area contributed by atoms with Gasteiger partial charge in [0.25, 0.3) is 5.91 Å². The minimum Gasteiger partial charge on any atom is -0.495 e. The van der Waals surface area contributed by atoms with Crippen molar-refractivity contribution in [3.05, 3.63) is 57.4 Å². The molecule has 0 spiro atoms. The van der Waals surface area contributed by atoms with Gasteiger partial charge in [-0.3, -0.25) is 9.69 Å². The standard InChI is InChI=1S/C21H18BrNO5S2/c1-3-27-19(24)12-28-16-9-8-14(22)10-13(16)11-18-20(25)23(21(29)30-18)15-6-4-5-7-17(15)26-2/h4-11H,3,12H2,1-2H3/b18-11+.